The lowest BCUT2D eigenvalue weighted by Gasteiger charge is -2.31. The fraction of sp³-hybridized carbons (Fsp3) is 0.375. The van der Waals surface area contributed by atoms with Gasteiger partial charge in [0, 0.05) is 19.3 Å². The molecule has 0 aliphatic carbocycles. The number of rotatable bonds is 1. The number of aryl methyl sites for hydroxylation is 3. The molecule has 0 unspecified atom stereocenters. The summed E-state index contributed by atoms with van der Waals surface area (Å²) in [6.07, 6.45) is 2.25. The molecule has 2 aromatic rings. The zero-order valence-corrected chi connectivity index (χ0v) is 13.5. The van der Waals surface area contributed by atoms with E-state index in [0.717, 1.165) is 41.6 Å². The van der Waals surface area contributed by atoms with Gasteiger partial charge in [-0.2, -0.15) is 5.10 Å². The maximum atomic E-state index is 5.64. The van der Waals surface area contributed by atoms with Gasteiger partial charge in [-0.1, -0.05) is 18.2 Å². The van der Waals surface area contributed by atoms with Gasteiger partial charge >= 0.3 is 0 Å². The van der Waals surface area contributed by atoms with E-state index in [9.17, 15) is 0 Å². The first-order valence-corrected chi connectivity index (χ1v) is 7.65. The van der Waals surface area contributed by atoms with E-state index >= 15 is 0 Å². The molecule has 1 aliphatic rings. The summed E-state index contributed by atoms with van der Waals surface area (Å²) in [4.78, 5) is 2.19. The van der Waals surface area contributed by atoms with Crippen molar-refractivity contribution in [1.29, 1.82) is 0 Å². The molecule has 0 radical (unpaired) electrons. The second kappa shape index (κ2) is 5.48. The van der Waals surface area contributed by atoms with Gasteiger partial charge in [0.25, 0.3) is 0 Å². The third-order valence-electron chi connectivity index (χ3n) is 4.10. The molecule has 4 nitrogen and oxygen atoms in total. The molecule has 0 saturated heterocycles. The molecule has 110 valence electrons. The minimum Gasteiger partial charge on any atom is -0.329 e. The highest BCUT2D eigenvalue weighted by Crippen LogP contribution is 2.28. The SMILES string of the molecule is Cc1nn(C)c(C)c1NC(=S)N1CCCc2ccccc21. The predicted octanol–water partition coefficient (Wildman–Crippen LogP) is 3.19. The first kappa shape index (κ1) is 14.1. The van der Waals surface area contributed by atoms with Crippen LogP contribution in [0, 0.1) is 13.8 Å². The largest absolute Gasteiger partial charge is 0.329 e. The first-order valence-electron chi connectivity index (χ1n) is 7.24. The summed E-state index contributed by atoms with van der Waals surface area (Å²) >= 11 is 5.64. The minimum atomic E-state index is 0.751. The average molecular weight is 300 g/mol. The summed E-state index contributed by atoms with van der Waals surface area (Å²) in [5, 5.41) is 8.56. The van der Waals surface area contributed by atoms with E-state index in [2.05, 4.69) is 46.5 Å². The zero-order chi connectivity index (χ0) is 15.0. The van der Waals surface area contributed by atoms with Gasteiger partial charge in [-0.15, -0.1) is 0 Å². The molecule has 1 aromatic carbocycles. The Kier molecular flexibility index (Phi) is 3.68. The van der Waals surface area contributed by atoms with Gasteiger partial charge in [0.05, 0.1) is 17.1 Å². The Bertz CT molecular complexity index is 690. The highest BCUT2D eigenvalue weighted by molar-refractivity contribution is 7.80. The second-order valence-corrected chi connectivity index (χ2v) is 5.87. The van der Waals surface area contributed by atoms with Crippen molar-refractivity contribution in [2.45, 2.75) is 26.7 Å². The number of hydrogen-bond acceptors (Lipinski definition) is 2. The number of benzene rings is 1. The van der Waals surface area contributed by atoms with Crippen molar-refractivity contribution in [1.82, 2.24) is 9.78 Å². The van der Waals surface area contributed by atoms with Crippen molar-refractivity contribution < 1.29 is 0 Å². The van der Waals surface area contributed by atoms with Gasteiger partial charge in [-0.3, -0.25) is 4.68 Å². The van der Waals surface area contributed by atoms with E-state index in [-0.39, 0.29) is 0 Å². The van der Waals surface area contributed by atoms with Crippen LogP contribution in [-0.4, -0.2) is 21.4 Å². The molecule has 1 aromatic heterocycles. The van der Waals surface area contributed by atoms with Crippen molar-refractivity contribution in [3.63, 3.8) is 0 Å². The fourth-order valence-corrected chi connectivity index (χ4v) is 3.17. The molecule has 2 heterocycles. The zero-order valence-electron chi connectivity index (χ0n) is 12.7. The van der Waals surface area contributed by atoms with Gasteiger partial charge < -0.3 is 10.2 Å². The maximum absolute atomic E-state index is 5.64. The quantitative estimate of drug-likeness (QED) is 0.820. The smallest absolute Gasteiger partial charge is 0.178 e. The third-order valence-corrected chi connectivity index (χ3v) is 4.42. The molecule has 0 bridgehead atoms. The van der Waals surface area contributed by atoms with Crippen LogP contribution in [0.1, 0.15) is 23.4 Å². The molecule has 0 fully saturated rings. The van der Waals surface area contributed by atoms with E-state index in [1.165, 1.54) is 11.3 Å². The van der Waals surface area contributed by atoms with Crippen molar-refractivity contribution >= 4 is 28.7 Å². The Morgan fingerprint density at radius 2 is 2.05 bits per heavy atom. The number of anilines is 2. The van der Waals surface area contributed by atoms with Gasteiger partial charge in [0.2, 0.25) is 0 Å². The molecule has 21 heavy (non-hydrogen) atoms. The molecule has 1 N–H and O–H groups in total. The van der Waals surface area contributed by atoms with Gasteiger partial charge in [0.1, 0.15) is 0 Å². The van der Waals surface area contributed by atoms with Crippen molar-refractivity contribution in [2.24, 2.45) is 7.05 Å². The van der Waals surface area contributed by atoms with Gasteiger partial charge in [-0.05, 0) is 50.5 Å². The average Bonchev–Trinajstić information content (AvgIpc) is 2.73. The van der Waals surface area contributed by atoms with E-state index in [4.69, 9.17) is 12.2 Å². The summed E-state index contributed by atoms with van der Waals surface area (Å²) in [5.74, 6) is 0. The van der Waals surface area contributed by atoms with E-state index in [0.29, 0.717) is 0 Å². The Morgan fingerprint density at radius 1 is 1.29 bits per heavy atom. The molecule has 0 spiro atoms. The molecule has 0 amide bonds. The second-order valence-electron chi connectivity index (χ2n) is 5.48. The van der Waals surface area contributed by atoms with Crippen LogP contribution in [0.25, 0.3) is 0 Å². The number of nitrogens with one attached hydrogen (secondary N) is 1. The summed E-state index contributed by atoms with van der Waals surface area (Å²) in [5.41, 5.74) is 5.68. The number of aromatic nitrogens is 2. The maximum Gasteiger partial charge on any atom is 0.178 e. The summed E-state index contributed by atoms with van der Waals surface area (Å²) in [7, 11) is 1.95. The highest BCUT2D eigenvalue weighted by atomic mass is 32.1. The van der Waals surface area contributed by atoms with E-state index in [1.807, 2.05) is 18.7 Å². The van der Waals surface area contributed by atoms with Crippen LogP contribution in [0.4, 0.5) is 11.4 Å². The number of hydrogen-bond donors (Lipinski definition) is 1. The number of thiocarbonyl (C=S) groups is 1. The number of fused-ring (bicyclic) bond motifs is 1. The molecule has 1 aliphatic heterocycles. The third kappa shape index (κ3) is 2.53. The van der Waals surface area contributed by atoms with Crippen molar-refractivity contribution in [3.05, 3.63) is 41.2 Å². The summed E-state index contributed by atoms with van der Waals surface area (Å²) in [6.45, 7) is 5.01. The van der Waals surface area contributed by atoms with Crippen LogP contribution in [0.3, 0.4) is 0 Å². The molecule has 3 rings (SSSR count). The van der Waals surface area contributed by atoms with Crippen LogP contribution >= 0.6 is 12.2 Å². The number of nitrogens with zero attached hydrogens (tertiary/aromatic N) is 3. The van der Waals surface area contributed by atoms with E-state index in [1.54, 1.807) is 0 Å². The Balaban J connectivity index is 1.87. The predicted molar refractivity (Wildman–Crippen MR) is 91.0 cm³/mol. The van der Waals surface area contributed by atoms with E-state index < -0.39 is 0 Å². The Hall–Kier alpha value is -1.88. The lowest BCUT2D eigenvalue weighted by molar-refractivity contribution is 0.731. The van der Waals surface area contributed by atoms with Crippen LogP contribution < -0.4 is 10.2 Å². The minimum absolute atomic E-state index is 0.751. The molecular formula is C16H20N4S. The standard InChI is InChI=1S/C16H20N4S/c1-11-15(12(2)19(3)18-11)17-16(21)20-10-6-8-13-7-4-5-9-14(13)20/h4-5,7,9H,6,8,10H2,1-3H3,(H,17,21). The van der Waals surface area contributed by atoms with Crippen molar-refractivity contribution in [2.75, 3.05) is 16.8 Å². The normalized spacial score (nSPS) is 14.0. The van der Waals surface area contributed by atoms with Crippen LogP contribution in [0.2, 0.25) is 0 Å². The fourth-order valence-electron chi connectivity index (χ4n) is 2.87. The lowest BCUT2D eigenvalue weighted by Crippen LogP contribution is -2.38. The lowest BCUT2D eigenvalue weighted by atomic mass is 10.0. The topological polar surface area (TPSA) is 33.1 Å². The first-order chi connectivity index (χ1) is 10.1. The van der Waals surface area contributed by atoms with Gasteiger partial charge in [-0.25, -0.2) is 0 Å². The van der Waals surface area contributed by atoms with Crippen molar-refractivity contribution in [3.8, 4) is 0 Å². The Morgan fingerprint density at radius 3 is 2.76 bits per heavy atom. The number of para-hydroxylation sites is 1. The monoisotopic (exact) mass is 300 g/mol. The summed E-state index contributed by atoms with van der Waals surface area (Å²) in [6, 6.07) is 8.49. The highest BCUT2D eigenvalue weighted by Gasteiger charge is 2.21. The molecular weight excluding hydrogens is 280 g/mol. The summed E-state index contributed by atoms with van der Waals surface area (Å²) < 4.78 is 1.88. The van der Waals surface area contributed by atoms with Crippen LogP contribution in [-0.2, 0) is 13.5 Å². The molecule has 5 heteroatoms. The van der Waals surface area contributed by atoms with Crippen LogP contribution in [0.5, 0.6) is 0 Å². The van der Waals surface area contributed by atoms with Gasteiger partial charge in [0.15, 0.2) is 5.11 Å². The molecule has 0 saturated carbocycles. The van der Waals surface area contributed by atoms with Crippen LogP contribution in [0.15, 0.2) is 24.3 Å². The molecule has 0 atom stereocenters. The Labute approximate surface area is 130 Å².